The van der Waals surface area contributed by atoms with Gasteiger partial charge in [-0.25, -0.2) is 4.79 Å². The molecular formula is C12H9F3N2O3S. The van der Waals surface area contributed by atoms with Crippen LogP contribution in [0.2, 0.25) is 0 Å². The number of thioether (sulfide) groups is 1. The summed E-state index contributed by atoms with van der Waals surface area (Å²) >= 11 is 1.00. The lowest BCUT2D eigenvalue weighted by molar-refractivity contribution is -0.137. The van der Waals surface area contributed by atoms with E-state index in [0.29, 0.717) is 12.1 Å². The summed E-state index contributed by atoms with van der Waals surface area (Å²) in [6.45, 7) is 0. The molecule has 21 heavy (non-hydrogen) atoms. The summed E-state index contributed by atoms with van der Waals surface area (Å²) in [7, 11) is 0. The Balaban J connectivity index is 2.95. The van der Waals surface area contributed by atoms with Crippen molar-refractivity contribution in [2.45, 2.75) is 6.18 Å². The van der Waals surface area contributed by atoms with E-state index in [9.17, 15) is 22.8 Å². The molecule has 0 aliphatic carbocycles. The van der Waals surface area contributed by atoms with E-state index in [4.69, 9.17) is 10.4 Å². The predicted octanol–water partition coefficient (Wildman–Crippen LogP) is 2.60. The Hall–Kier alpha value is -2.21. The van der Waals surface area contributed by atoms with E-state index >= 15 is 0 Å². The number of nitrogens with one attached hydrogen (secondary N) is 1. The summed E-state index contributed by atoms with van der Waals surface area (Å²) in [6, 6.07) is 3.84. The van der Waals surface area contributed by atoms with Crippen molar-refractivity contribution in [1.29, 1.82) is 5.26 Å². The Kier molecular flexibility index (Phi) is 5.60. The zero-order valence-electron chi connectivity index (χ0n) is 10.4. The summed E-state index contributed by atoms with van der Waals surface area (Å²) in [5.41, 5.74) is -1.99. The minimum atomic E-state index is -4.67. The zero-order valence-corrected chi connectivity index (χ0v) is 11.2. The molecule has 0 saturated heterocycles. The van der Waals surface area contributed by atoms with E-state index in [0.717, 1.165) is 17.8 Å². The number of amides is 1. The van der Waals surface area contributed by atoms with E-state index in [1.54, 1.807) is 6.07 Å². The summed E-state index contributed by atoms with van der Waals surface area (Å²) in [4.78, 5) is 22.5. The topological polar surface area (TPSA) is 90.2 Å². The van der Waals surface area contributed by atoms with Gasteiger partial charge in [-0.05, 0) is 18.2 Å². The first-order chi connectivity index (χ1) is 9.75. The minimum absolute atomic E-state index is 0.0756. The molecule has 5 nitrogen and oxygen atoms in total. The molecule has 1 rings (SSSR count). The summed E-state index contributed by atoms with van der Waals surface area (Å²) in [5.74, 6) is -2.21. The molecule has 0 bridgehead atoms. The fourth-order valence-corrected chi connectivity index (χ4v) is 1.83. The Morgan fingerprint density at radius 2 is 2.05 bits per heavy atom. The molecule has 1 aromatic rings. The maximum Gasteiger partial charge on any atom is 0.416 e. The van der Waals surface area contributed by atoms with Gasteiger partial charge in [0.2, 0.25) is 5.91 Å². The number of anilines is 1. The zero-order chi connectivity index (χ0) is 16.0. The van der Waals surface area contributed by atoms with E-state index in [2.05, 4.69) is 5.32 Å². The van der Waals surface area contributed by atoms with Gasteiger partial charge in [-0.15, -0.1) is 11.8 Å². The van der Waals surface area contributed by atoms with Crippen LogP contribution in [-0.4, -0.2) is 28.5 Å². The first-order valence-electron chi connectivity index (χ1n) is 5.44. The number of carboxylic acid groups (broad SMARTS) is 1. The van der Waals surface area contributed by atoms with Crippen molar-refractivity contribution in [1.82, 2.24) is 0 Å². The van der Waals surface area contributed by atoms with Gasteiger partial charge in [-0.3, -0.25) is 4.79 Å². The van der Waals surface area contributed by atoms with Crippen LogP contribution in [0.5, 0.6) is 0 Å². The van der Waals surface area contributed by atoms with Crippen LogP contribution in [0.4, 0.5) is 18.9 Å². The number of carboxylic acids is 1. The molecule has 0 aliphatic rings. The molecule has 0 unspecified atom stereocenters. The molecule has 112 valence electrons. The van der Waals surface area contributed by atoms with Crippen molar-refractivity contribution in [3.63, 3.8) is 0 Å². The van der Waals surface area contributed by atoms with Crippen LogP contribution in [0.1, 0.15) is 15.9 Å². The summed E-state index contributed by atoms with van der Waals surface area (Å²) in [6.07, 6.45) is -4.67. The van der Waals surface area contributed by atoms with Gasteiger partial charge >= 0.3 is 12.1 Å². The second-order valence-corrected chi connectivity index (χ2v) is 4.75. The Labute approximate surface area is 121 Å². The molecule has 1 aromatic carbocycles. The SMILES string of the molecule is N#CCSCC(=O)Nc1ccc(C(F)(F)F)cc1C(=O)O. The van der Waals surface area contributed by atoms with E-state index in [1.165, 1.54) is 0 Å². The first-order valence-corrected chi connectivity index (χ1v) is 6.60. The van der Waals surface area contributed by atoms with Crippen LogP contribution < -0.4 is 5.32 Å². The highest BCUT2D eigenvalue weighted by Crippen LogP contribution is 2.31. The predicted molar refractivity (Wildman–Crippen MR) is 70.0 cm³/mol. The van der Waals surface area contributed by atoms with Gasteiger partial charge in [0.1, 0.15) is 0 Å². The van der Waals surface area contributed by atoms with Crippen LogP contribution in [-0.2, 0) is 11.0 Å². The van der Waals surface area contributed by atoms with Crippen molar-refractivity contribution in [3.05, 3.63) is 29.3 Å². The number of hydrogen-bond acceptors (Lipinski definition) is 4. The number of aromatic carboxylic acids is 1. The van der Waals surface area contributed by atoms with Crippen molar-refractivity contribution >= 4 is 29.3 Å². The molecule has 0 fully saturated rings. The molecule has 0 spiro atoms. The van der Waals surface area contributed by atoms with Crippen molar-refractivity contribution in [2.24, 2.45) is 0 Å². The molecule has 0 saturated carbocycles. The number of halogens is 3. The van der Waals surface area contributed by atoms with Crippen LogP contribution in [0.3, 0.4) is 0 Å². The molecule has 0 heterocycles. The van der Waals surface area contributed by atoms with E-state index in [-0.39, 0.29) is 17.2 Å². The highest BCUT2D eigenvalue weighted by Gasteiger charge is 2.32. The number of nitrogens with zero attached hydrogens (tertiary/aromatic N) is 1. The maximum atomic E-state index is 12.5. The maximum absolute atomic E-state index is 12.5. The molecule has 9 heteroatoms. The largest absolute Gasteiger partial charge is 0.478 e. The third-order valence-electron chi connectivity index (χ3n) is 2.25. The van der Waals surface area contributed by atoms with Gasteiger partial charge in [-0.2, -0.15) is 18.4 Å². The molecule has 0 aliphatic heterocycles. The average Bonchev–Trinajstić information content (AvgIpc) is 2.37. The van der Waals surface area contributed by atoms with Crippen molar-refractivity contribution < 1.29 is 27.9 Å². The molecule has 0 aromatic heterocycles. The Morgan fingerprint density at radius 1 is 1.38 bits per heavy atom. The van der Waals surface area contributed by atoms with E-state index < -0.39 is 29.2 Å². The number of rotatable bonds is 5. The monoisotopic (exact) mass is 318 g/mol. The third-order valence-corrected chi connectivity index (χ3v) is 3.05. The van der Waals surface area contributed by atoms with Crippen LogP contribution in [0.25, 0.3) is 0 Å². The van der Waals surface area contributed by atoms with Crippen molar-refractivity contribution in [2.75, 3.05) is 16.8 Å². The highest BCUT2D eigenvalue weighted by atomic mass is 32.2. The molecule has 0 atom stereocenters. The van der Waals surface area contributed by atoms with Crippen LogP contribution in [0, 0.1) is 11.3 Å². The average molecular weight is 318 g/mol. The molecule has 1 amide bonds. The van der Waals surface area contributed by atoms with Gasteiger partial charge in [-0.1, -0.05) is 0 Å². The lowest BCUT2D eigenvalue weighted by atomic mass is 10.1. The first kappa shape index (κ1) is 16.8. The Morgan fingerprint density at radius 3 is 2.57 bits per heavy atom. The number of benzene rings is 1. The van der Waals surface area contributed by atoms with Crippen LogP contribution >= 0.6 is 11.8 Å². The molecule has 2 N–H and O–H groups in total. The second kappa shape index (κ2) is 6.99. The normalized spacial score (nSPS) is 10.8. The standard InChI is InChI=1S/C12H9F3N2O3S/c13-12(14,15)7-1-2-9(8(5-7)11(19)20)17-10(18)6-21-4-3-16/h1-2,5H,4,6H2,(H,17,18)(H,19,20). The highest BCUT2D eigenvalue weighted by molar-refractivity contribution is 8.00. The van der Waals surface area contributed by atoms with Crippen LogP contribution in [0.15, 0.2) is 18.2 Å². The second-order valence-electron chi connectivity index (χ2n) is 3.76. The van der Waals surface area contributed by atoms with Gasteiger partial charge < -0.3 is 10.4 Å². The van der Waals surface area contributed by atoms with Crippen molar-refractivity contribution in [3.8, 4) is 6.07 Å². The number of hydrogen-bond donors (Lipinski definition) is 2. The summed E-state index contributed by atoms with van der Waals surface area (Å²) < 4.78 is 37.6. The third kappa shape index (κ3) is 5.00. The minimum Gasteiger partial charge on any atom is -0.478 e. The number of carbonyl (C=O) groups is 2. The van der Waals surface area contributed by atoms with Gasteiger partial charge in [0.05, 0.1) is 34.4 Å². The fourth-order valence-electron chi connectivity index (χ4n) is 1.38. The molecule has 0 radical (unpaired) electrons. The number of nitriles is 1. The van der Waals surface area contributed by atoms with E-state index in [1.807, 2.05) is 0 Å². The fraction of sp³-hybridized carbons (Fsp3) is 0.250. The van der Waals surface area contributed by atoms with Gasteiger partial charge in [0, 0.05) is 0 Å². The Bertz CT molecular complexity index is 596. The number of carbonyl (C=O) groups excluding carboxylic acids is 1. The number of alkyl halides is 3. The van der Waals surface area contributed by atoms with Gasteiger partial charge in [0.15, 0.2) is 0 Å². The lowest BCUT2D eigenvalue weighted by Gasteiger charge is -2.12. The summed E-state index contributed by atoms with van der Waals surface area (Å²) in [5, 5.41) is 19.4. The molecular weight excluding hydrogens is 309 g/mol. The quantitative estimate of drug-likeness (QED) is 0.814. The van der Waals surface area contributed by atoms with Gasteiger partial charge in [0.25, 0.3) is 0 Å². The lowest BCUT2D eigenvalue weighted by Crippen LogP contribution is -2.17. The smallest absolute Gasteiger partial charge is 0.416 e.